The van der Waals surface area contributed by atoms with Gasteiger partial charge in [-0.2, -0.15) is 0 Å². The topological polar surface area (TPSA) is 72.9 Å². The van der Waals surface area contributed by atoms with Crippen LogP contribution in [0.3, 0.4) is 0 Å². The number of hydrogen-bond acceptors (Lipinski definition) is 3. The minimum Gasteiger partial charge on any atom is -0.368 e. The van der Waals surface area contributed by atoms with E-state index in [1.54, 1.807) is 12.5 Å². The van der Waals surface area contributed by atoms with Crippen LogP contribution in [0.4, 0.5) is 0 Å². The Labute approximate surface area is 114 Å². The smallest absolute Gasteiger partial charge is 0.240 e. The molecule has 106 valence electrons. The Kier molecular flexibility index (Phi) is 4.96. The number of carbonyl (C=O) groups excluding carboxylic acids is 1. The molecule has 1 aliphatic rings. The van der Waals surface area contributed by atoms with Gasteiger partial charge in [0.15, 0.2) is 0 Å². The zero-order chi connectivity index (χ0) is 13.7. The second-order valence-electron chi connectivity index (χ2n) is 5.30. The molecule has 1 unspecified atom stereocenters. The maximum absolute atomic E-state index is 11.7. The molecular weight excluding hydrogens is 240 g/mol. The number of aryl methyl sites for hydroxylation is 1. The van der Waals surface area contributed by atoms with E-state index in [0.717, 1.165) is 25.1 Å². The van der Waals surface area contributed by atoms with E-state index in [4.69, 9.17) is 5.73 Å². The van der Waals surface area contributed by atoms with Crippen molar-refractivity contribution in [3.8, 4) is 0 Å². The normalized spacial score (nSPS) is 19.0. The number of carbonyl (C=O) groups is 1. The first-order valence-corrected chi connectivity index (χ1v) is 7.27. The Morgan fingerprint density at radius 2 is 2.16 bits per heavy atom. The molecule has 1 fully saturated rings. The molecule has 1 aromatic rings. The highest BCUT2D eigenvalue weighted by Crippen LogP contribution is 2.21. The number of aromatic nitrogens is 2. The number of amides is 1. The van der Waals surface area contributed by atoms with Crippen LogP contribution in [-0.4, -0.2) is 21.5 Å². The van der Waals surface area contributed by atoms with Crippen LogP contribution >= 0.6 is 0 Å². The van der Waals surface area contributed by atoms with Gasteiger partial charge in [-0.05, 0) is 19.8 Å². The van der Waals surface area contributed by atoms with E-state index in [0.29, 0.717) is 6.04 Å². The summed E-state index contributed by atoms with van der Waals surface area (Å²) in [7, 11) is 0. The molecule has 0 saturated heterocycles. The Balaban J connectivity index is 2.09. The van der Waals surface area contributed by atoms with E-state index < -0.39 is 6.04 Å². The molecule has 2 rings (SSSR count). The van der Waals surface area contributed by atoms with Crippen molar-refractivity contribution in [2.75, 3.05) is 0 Å². The van der Waals surface area contributed by atoms with Crippen molar-refractivity contribution in [1.29, 1.82) is 0 Å². The first kappa shape index (κ1) is 14.1. The monoisotopic (exact) mass is 264 g/mol. The molecule has 0 aromatic carbocycles. The average Bonchev–Trinajstić information content (AvgIpc) is 2.71. The van der Waals surface area contributed by atoms with Crippen LogP contribution in [0, 0.1) is 0 Å². The summed E-state index contributed by atoms with van der Waals surface area (Å²) in [6.45, 7) is 2.83. The van der Waals surface area contributed by atoms with Crippen molar-refractivity contribution in [3.05, 3.63) is 18.2 Å². The molecule has 0 radical (unpaired) electrons. The number of rotatable bonds is 5. The standard InChI is InChI=1S/C14H24N4O/c1-2-18-10-16-9-12(18)13(14(15)19)17-11-7-5-3-4-6-8-11/h9-11,13,17H,2-8H2,1H3,(H2,15,19). The van der Waals surface area contributed by atoms with Crippen LogP contribution in [0.2, 0.25) is 0 Å². The summed E-state index contributed by atoms with van der Waals surface area (Å²) in [6.07, 6.45) is 10.8. The number of nitrogens with zero attached hydrogens (tertiary/aromatic N) is 2. The maximum atomic E-state index is 11.7. The summed E-state index contributed by atoms with van der Waals surface area (Å²) in [5.74, 6) is -0.320. The molecule has 0 bridgehead atoms. The van der Waals surface area contributed by atoms with Crippen LogP contribution in [0.1, 0.15) is 57.2 Å². The van der Waals surface area contributed by atoms with Gasteiger partial charge in [0.05, 0.1) is 18.2 Å². The van der Waals surface area contributed by atoms with Crippen LogP contribution in [-0.2, 0) is 11.3 Å². The molecule has 0 spiro atoms. The van der Waals surface area contributed by atoms with E-state index >= 15 is 0 Å². The summed E-state index contributed by atoms with van der Waals surface area (Å²) in [5, 5.41) is 3.44. The molecule has 1 amide bonds. The molecule has 1 heterocycles. The fourth-order valence-electron chi connectivity index (χ4n) is 2.83. The molecule has 19 heavy (non-hydrogen) atoms. The number of nitrogens with one attached hydrogen (secondary N) is 1. The highest BCUT2D eigenvalue weighted by molar-refractivity contribution is 5.81. The van der Waals surface area contributed by atoms with Crippen LogP contribution in [0.5, 0.6) is 0 Å². The third-order valence-electron chi connectivity index (χ3n) is 3.92. The van der Waals surface area contributed by atoms with Crippen LogP contribution in [0.15, 0.2) is 12.5 Å². The average molecular weight is 264 g/mol. The first-order valence-electron chi connectivity index (χ1n) is 7.27. The summed E-state index contributed by atoms with van der Waals surface area (Å²) in [6, 6.07) is -0.0363. The van der Waals surface area contributed by atoms with Gasteiger partial charge in [0, 0.05) is 12.6 Å². The van der Waals surface area contributed by atoms with Gasteiger partial charge < -0.3 is 10.3 Å². The van der Waals surface area contributed by atoms with Crippen molar-refractivity contribution >= 4 is 5.91 Å². The molecule has 0 aliphatic heterocycles. The Hall–Kier alpha value is -1.36. The van der Waals surface area contributed by atoms with Crippen LogP contribution in [0.25, 0.3) is 0 Å². The molecule has 5 heteroatoms. The second kappa shape index (κ2) is 6.70. The quantitative estimate of drug-likeness (QED) is 0.796. The lowest BCUT2D eigenvalue weighted by Gasteiger charge is -2.23. The fourth-order valence-corrected chi connectivity index (χ4v) is 2.83. The van der Waals surface area contributed by atoms with Gasteiger partial charge in [-0.3, -0.25) is 10.1 Å². The van der Waals surface area contributed by atoms with E-state index in [1.807, 2.05) is 11.5 Å². The SMILES string of the molecule is CCn1cncc1C(NC1CCCCCC1)C(N)=O. The first-order chi connectivity index (χ1) is 9.22. The molecule has 1 aromatic heterocycles. The minimum atomic E-state index is -0.425. The van der Waals surface area contributed by atoms with E-state index in [1.165, 1.54) is 25.7 Å². The van der Waals surface area contributed by atoms with E-state index in [2.05, 4.69) is 10.3 Å². The zero-order valence-corrected chi connectivity index (χ0v) is 11.6. The van der Waals surface area contributed by atoms with Gasteiger partial charge in [-0.15, -0.1) is 0 Å². The van der Waals surface area contributed by atoms with Crippen molar-refractivity contribution < 1.29 is 4.79 Å². The molecule has 1 saturated carbocycles. The maximum Gasteiger partial charge on any atom is 0.240 e. The molecule has 1 aliphatic carbocycles. The van der Waals surface area contributed by atoms with Gasteiger partial charge in [0.25, 0.3) is 0 Å². The number of imidazole rings is 1. The Morgan fingerprint density at radius 3 is 2.74 bits per heavy atom. The lowest BCUT2D eigenvalue weighted by molar-refractivity contribution is -0.120. The number of nitrogens with two attached hydrogens (primary N) is 1. The largest absolute Gasteiger partial charge is 0.368 e. The number of hydrogen-bond donors (Lipinski definition) is 2. The lowest BCUT2D eigenvalue weighted by atomic mass is 10.1. The summed E-state index contributed by atoms with van der Waals surface area (Å²) >= 11 is 0. The molecular formula is C14H24N4O. The highest BCUT2D eigenvalue weighted by Gasteiger charge is 2.25. The predicted molar refractivity (Wildman–Crippen MR) is 74.5 cm³/mol. The third kappa shape index (κ3) is 3.56. The van der Waals surface area contributed by atoms with Gasteiger partial charge in [0.2, 0.25) is 5.91 Å². The molecule has 3 N–H and O–H groups in total. The minimum absolute atomic E-state index is 0.320. The predicted octanol–water partition coefficient (Wildman–Crippen LogP) is 1.74. The van der Waals surface area contributed by atoms with Crippen molar-refractivity contribution in [1.82, 2.24) is 14.9 Å². The molecule has 5 nitrogen and oxygen atoms in total. The van der Waals surface area contributed by atoms with Gasteiger partial charge in [-0.25, -0.2) is 4.98 Å². The second-order valence-corrected chi connectivity index (χ2v) is 5.30. The highest BCUT2D eigenvalue weighted by atomic mass is 16.1. The number of primary amides is 1. The molecule has 1 atom stereocenters. The summed E-state index contributed by atoms with van der Waals surface area (Å²) in [4.78, 5) is 15.9. The van der Waals surface area contributed by atoms with E-state index in [-0.39, 0.29) is 5.91 Å². The lowest BCUT2D eigenvalue weighted by Crippen LogP contribution is -2.40. The summed E-state index contributed by atoms with van der Waals surface area (Å²) in [5.41, 5.74) is 6.44. The van der Waals surface area contributed by atoms with Crippen LogP contribution < -0.4 is 11.1 Å². The van der Waals surface area contributed by atoms with E-state index in [9.17, 15) is 4.79 Å². The third-order valence-corrected chi connectivity index (χ3v) is 3.92. The Morgan fingerprint density at radius 1 is 1.47 bits per heavy atom. The Bertz CT molecular complexity index is 407. The van der Waals surface area contributed by atoms with Gasteiger partial charge >= 0.3 is 0 Å². The van der Waals surface area contributed by atoms with Crippen molar-refractivity contribution in [2.24, 2.45) is 5.73 Å². The van der Waals surface area contributed by atoms with Crippen molar-refractivity contribution in [3.63, 3.8) is 0 Å². The van der Waals surface area contributed by atoms with Crippen molar-refractivity contribution in [2.45, 2.75) is 64.1 Å². The van der Waals surface area contributed by atoms with Gasteiger partial charge in [-0.1, -0.05) is 25.7 Å². The fraction of sp³-hybridized carbons (Fsp3) is 0.714. The summed E-state index contributed by atoms with van der Waals surface area (Å²) < 4.78 is 1.97. The van der Waals surface area contributed by atoms with Gasteiger partial charge in [0.1, 0.15) is 6.04 Å². The zero-order valence-electron chi connectivity index (χ0n) is 11.6.